The molecular weight excluding hydrogens is 214 g/mol. The second kappa shape index (κ2) is 4.99. The van der Waals surface area contributed by atoms with Gasteiger partial charge in [0.1, 0.15) is 23.4 Å². The molecule has 0 spiro atoms. The third kappa shape index (κ3) is 2.46. The summed E-state index contributed by atoms with van der Waals surface area (Å²) in [5.74, 6) is 2.21. The molecule has 0 aliphatic heterocycles. The Morgan fingerprint density at radius 2 is 2.12 bits per heavy atom. The van der Waals surface area contributed by atoms with Crippen LogP contribution in [0.15, 0.2) is 24.5 Å². The van der Waals surface area contributed by atoms with E-state index in [4.69, 9.17) is 4.74 Å². The van der Waals surface area contributed by atoms with Crippen LogP contribution < -0.4 is 10.1 Å². The van der Waals surface area contributed by atoms with E-state index >= 15 is 0 Å². The van der Waals surface area contributed by atoms with Crippen LogP contribution >= 0.6 is 0 Å². The van der Waals surface area contributed by atoms with Crippen molar-refractivity contribution in [3.8, 4) is 5.75 Å². The Hall–Kier alpha value is -1.84. The molecule has 1 aromatic heterocycles. The summed E-state index contributed by atoms with van der Waals surface area (Å²) in [5, 5.41) is 4.32. The predicted molar refractivity (Wildman–Crippen MR) is 69.4 cm³/mol. The maximum absolute atomic E-state index is 5.29. The number of hydrogen-bond acceptors (Lipinski definition) is 4. The van der Waals surface area contributed by atoms with Crippen molar-refractivity contribution in [2.24, 2.45) is 5.92 Å². The largest absolute Gasteiger partial charge is 0.494 e. The third-order valence-corrected chi connectivity index (χ3v) is 2.53. The van der Waals surface area contributed by atoms with Crippen LogP contribution in [0.4, 0.5) is 5.82 Å². The summed E-state index contributed by atoms with van der Waals surface area (Å²) >= 11 is 0. The highest BCUT2D eigenvalue weighted by atomic mass is 16.5. The molecule has 0 fully saturated rings. The fourth-order valence-electron chi connectivity index (χ4n) is 1.67. The number of fused-ring (bicyclic) bond motifs is 1. The van der Waals surface area contributed by atoms with Crippen molar-refractivity contribution in [2.45, 2.75) is 13.8 Å². The third-order valence-electron chi connectivity index (χ3n) is 2.53. The molecule has 1 aromatic carbocycles. The first-order valence-electron chi connectivity index (χ1n) is 5.74. The molecule has 4 nitrogen and oxygen atoms in total. The molecule has 0 radical (unpaired) electrons. The number of rotatable bonds is 4. The minimum Gasteiger partial charge on any atom is -0.494 e. The van der Waals surface area contributed by atoms with Gasteiger partial charge in [0.25, 0.3) is 0 Å². The van der Waals surface area contributed by atoms with E-state index < -0.39 is 0 Å². The lowest BCUT2D eigenvalue weighted by molar-refractivity contribution is 0.419. The van der Waals surface area contributed by atoms with Gasteiger partial charge in [0.05, 0.1) is 7.11 Å². The Morgan fingerprint density at radius 3 is 2.82 bits per heavy atom. The number of methoxy groups -OCH3 is 1. The van der Waals surface area contributed by atoms with Crippen LogP contribution in [0.3, 0.4) is 0 Å². The molecule has 0 saturated carbocycles. The maximum atomic E-state index is 5.29. The summed E-state index contributed by atoms with van der Waals surface area (Å²) in [6, 6.07) is 5.85. The summed E-state index contributed by atoms with van der Waals surface area (Å²) in [5.41, 5.74) is 0.844. The highest BCUT2D eigenvalue weighted by Crippen LogP contribution is 2.26. The maximum Gasteiger partial charge on any atom is 0.145 e. The smallest absolute Gasteiger partial charge is 0.145 e. The van der Waals surface area contributed by atoms with Crippen molar-refractivity contribution in [1.29, 1.82) is 0 Å². The molecule has 4 heteroatoms. The fraction of sp³-hybridized carbons (Fsp3) is 0.385. The van der Waals surface area contributed by atoms with Gasteiger partial charge in [0.2, 0.25) is 0 Å². The van der Waals surface area contributed by atoms with E-state index in [1.807, 2.05) is 18.2 Å². The number of aromatic nitrogens is 2. The minimum atomic E-state index is 0.575. The first-order chi connectivity index (χ1) is 8.22. The lowest BCUT2D eigenvalue weighted by Gasteiger charge is -2.11. The van der Waals surface area contributed by atoms with Crippen LogP contribution in [0.2, 0.25) is 0 Å². The highest BCUT2D eigenvalue weighted by molar-refractivity contribution is 5.92. The summed E-state index contributed by atoms with van der Waals surface area (Å²) in [7, 11) is 1.65. The Kier molecular flexibility index (Phi) is 3.42. The summed E-state index contributed by atoms with van der Waals surface area (Å²) in [6.07, 6.45) is 1.56. The van der Waals surface area contributed by atoms with Gasteiger partial charge in [-0.3, -0.25) is 0 Å². The van der Waals surface area contributed by atoms with E-state index in [1.54, 1.807) is 13.4 Å². The Balaban J connectivity index is 2.43. The van der Waals surface area contributed by atoms with Crippen LogP contribution in [0.1, 0.15) is 13.8 Å². The van der Waals surface area contributed by atoms with Crippen LogP contribution in [0, 0.1) is 5.92 Å². The summed E-state index contributed by atoms with van der Waals surface area (Å²) in [6.45, 7) is 5.22. The quantitative estimate of drug-likeness (QED) is 0.878. The zero-order valence-corrected chi connectivity index (χ0v) is 10.4. The normalized spacial score (nSPS) is 10.8. The standard InChI is InChI=1S/C13H17N3O/c1-9(2)7-14-13-10-5-4-6-11(17-3)12(10)15-8-16-13/h4-6,8-9H,7H2,1-3H3,(H,14,15,16). The van der Waals surface area contributed by atoms with Gasteiger partial charge in [-0.25, -0.2) is 9.97 Å². The van der Waals surface area contributed by atoms with Crippen molar-refractivity contribution in [1.82, 2.24) is 9.97 Å². The molecule has 90 valence electrons. The van der Waals surface area contributed by atoms with Crippen molar-refractivity contribution in [2.75, 3.05) is 19.0 Å². The van der Waals surface area contributed by atoms with E-state index in [9.17, 15) is 0 Å². The van der Waals surface area contributed by atoms with Gasteiger partial charge in [-0.2, -0.15) is 0 Å². The zero-order chi connectivity index (χ0) is 12.3. The second-order valence-corrected chi connectivity index (χ2v) is 4.35. The molecule has 0 atom stereocenters. The SMILES string of the molecule is COc1cccc2c(NCC(C)C)ncnc12. The number of hydrogen-bond donors (Lipinski definition) is 1. The number of nitrogens with one attached hydrogen (secondary N) is 1. The molecular formula is C13H17N3O. The first-order valence-corrected chi connectivity index (χ1v) is 5.74. The van der Waals surface area contributed by atoms with E-state index in [1.165, 1.54) is 0 Å². The molecule has 0 saturated heterocycles. The first kappa shape index (κ1) is 11.6. The molecule has 0 aliphatic carbocycles. The number of anilines is 1. The predicted octanol–water partition coefficient (Wildman–Crippen LogP) is 2.71. The molecule has 1 heterocycles. The van der Waals surface area contributed by atoms with Crippen molar-refractivity contribution >= 4 is 16.7 Å². The monoisotopic (exact) mass is 231 g/mol. The van der Waals surface area contributed by atoms with Gasteiger partial charge in [-0.05, 0) is 18.1 Å². The molecule has 0 bridgehead atoms. The molecule has 17 heavy (non-hydrogen) atoms. The summed E-state index contributed by atoms with van der Waals surface area (Å²) in [4.78, 5) is 8.54. The van der Waals surface area contributed by atoms with E-state index in [0.717, 1.165) is 29.0 Å². The molecule has 2 aromatic rings. The molecule has 0 amide bonds. The van der Waals surface area contributed by atoms with Crippen LogP contribution in [-0.4, -0.2) is 23.6 Å². The molecule has 1 N–H and O–H groups in total. The highest BCUT2D eigenvalue weighted by Gasteiger charge is 2.07. The van der Waals surface area contributed by atoms with E-state index in [2.05, 4.69) is 29.1 Å². The molecule has 2 rings (SSSR count). The van der Waals surface area contributed by atoms with E-state index in [0.29, 0.717) is 5.92 Å². The van der Waals surface area contributed by atoms with Gasteiger partial charge < -0.3 is 10.1 Å². The lowest BCUT2D eigenvalue weighted by Crippen LogP contribution is -2.09. The van der Waals surface area contributed by atoms with Crippen LogP contribution in [-0.2, 0) is 0 Å². The summed E-state index contributed by atoms with van der Waals surface area (Å²) < 4.78 is 5.29. The topological polar surface area (TPSA) is 47.0 Å². The van der Waals surface area contributed by atoms with Gasteiger partial charge in [-0.15, -0.1) is 0 Å². The Morgan fingerprint density at radius 1 is 1.29 bits per heavy atom. The average molecular weight is 231 g/mol. The van der Waals surface area contributed by atoms with Gasteiger partial charge in [-0.1, -0.05) is 19.9 Å². The minimum absolute atomic E-state index is 0.575. The number of benzene rings is 1. The van der Waals surface area contributed by atoms with Crippen LogP contribution in [0.25, 0.3) is 10.9 Å². The van der Waals surface area contributed by atoms with Crippen LogP contribution in [0.5, 0.6) is 5.75 Å². The average Bonchev–Trinajstić information content (AvgIpc) is 2.35. The lowest BCUT2D eigenvalue weighted by atomic mass is 10.2. The van der Waals surface area contributed by atoms with Gasteiger partial charge >= 0.3 is 0 Å². The number of nitrogens with zero attached hydrogens (tertiary/aromatic N) is 2. The fourth-order valence-corrected chi connectivity index (χ4v) is 1.67. The number of para-hydroxylation sites is 1. The van der Waals surface area contributed by atoms with Gasteiger partial charge in [0, 0.05) is 11.9 Å². The van der Waals surface area contributed by atoms with Crippen molar-refractivity contribution in [3.63, 3.8) is 0 Å². The molecule has 0 aliphatic rings. The van der Waals surface area contributed by atoms with Crippen molar-refractivity contribution in [3.05, 3.63) is 24.5 Å². The van der Waals surface area contributed by atoms with Gasteiger partial charge in [0.15, 0.2) is 0 Å². The molecule has 0 unspecified atom stereocenters. The van der Waals surface area contributed by atoms with E-state index in [-0.39, 0.29) is 0 Å². The zero-order valence-electron chi connectivity index (χ0n) is 10.4. The second-order valence-electron chi connectivity index (χ2n) is 4.35. The van der Waals surface area contributed by atoms with Crippen molar-refractivity contribution < 1.29 is 4.74 Å². The number of ether oxygens (including phenoxy) is 1. The Labute approximate surface area is 101 Å². The Bertz CT molecular complexity index is 511.